The van der Waals surface area contributed by atoms with Crippen LogP contribution in [0.3, 0.4) is 0 Å². The number of rotatable bonds is 7. The molecule has 1 unspecified atom stereocenters. The summed E-state index contributed by atoms with van der Waals surface area (Å²) in [4.78, 5) is 7.31. The standard InChI is InChI=1S/C54H52N4O.Pt/c1-37-25-26-40-27-28-44(35-50(40)58(37)51-33-41(29-30-55-51)53(2,3)4)59-45-32-42(54(5,6)7)31-43(34-45)56-36-57(49-24-15-14-23-48(49)56)52-46(38-17-10-8-11-18-38)21-16-22-47(52)39-19-12-9-13-20-39;/h8-24,27-35,37H,25-26H2,1-7H3;. The molecule has 60 heavy (non-hydrogen) atoms. The third-order valence-electron chi connectivity index (χ3n) is 11.8. The first-order valence-corrected chi connectivity index (χ1v) is 22.1. The third-order valence-corrected chi connectivity index (χ3v) is 12.8. The van der Waals surface area contributed by atoms with Crippen molar-refractivity contribution in [1.29, 1.82) is 0 Å². The first-order chi connectivity index (χ1) is 28.8. The van der Waals surface area contributed by atoms with Crippen LogP contribution in [0.2, 0.25) is 0 Å². The number of pyridine rings is 1. The van der Waals surface area contributed by atoms with Gasteiger partial charge in [-0.3, -0.25) is 0 Å². The summed E-state index contributed by atoms with van der Waals surface area (Å²) in [6.45, 7) is 15.9. The molecule has 0 amide bonds. The van der Waals surface area contributed by atoms with Crippen LogP contribution in [0.15, 0.2) is 158 Å². The van der Waals surface area contributed by atoms with Crippen LogP contribution in [0.1, 0.15) is 71.6 Å². The number of aryl methyl sites for hydroxylation is 1. The predicted molar refractivity (Wildman–Crippen MR) is 245 cm³/mol. The maximum atomic E-state index is 6.97. The van der Waals surface area contributed by atoms with Crippen LogP contribution in [0, 0.1) is 3.80 Å². The minimum absolute atomic E-state index is 0.0257. The second-order valence-electron chi connectivity index (χ2n) is 18.1. The Bertz CT molecular complexity index is 2860. The van der Waals surface area contributed by atoms with E-state index in [1.807, 2.05) is 6.20 Å². The number of ether oxygens (including phenoxy) is 1. The summed E-state index contributed by atoms with van der Waals surface area (Å²) in [7, 11) is 0. The van der Waals surface area contributed by atoms with E-state index in [1.54, 1.807) is 0 Å². The Morgan fingerprint density at radius 2 is 1.22 bits per heavy atom. The number of nitrogens with zero attached hydrogens (tertiary/aromatic N) is 4. The van der Waals surface area contributed by atoms with Gasteiger partial charge in [0, 0.05) is 6.20 Å². The van der Waals surface area contributed by atoms with E-state index in [2.05, 4.69) is 234 Å². The molecule has 0 bridgehead atoms. The number of hydrogen-bond donors (Lipinski definition) is 0. The Labute approximate surface area is 365 Å². The molecule has 304 valence electrons. The first kappa shape index (κ1) is 39.7. The minimum Gasteiger partial charge on any atom is -0.0561 e. The van der Waals surface area contributed by atoms with Gasteiger partial charge in [-0.1, -0.05) is 20.8 Å². The summed E-state index contributed by atoms with van der Waals surface area (Å²) < 4.78 is 12.9. The summed E-state index contributed by atoms with van der Waals surface area (Å²) >= 11 is 2.53. The van der Waals surface area contributed by atoms with Crippen molar-refractivity contribution in [1.82, 2.24) is 14.1 Å². The molecule has 6 heteroatoms. The van der Waals surface area contributed by atoms with Crippen LogP contribution in [0.5, 0.6) is 11.5 Å². The zero-order valence-corrected chi connectivity index (χ0v) is 37.8. The van der Waals surface area contributed by atoms with Crippen LogP contribution >= 0.6 is 0 Å². The topological polar surface area (TPSA) is 35.2 Å². The molecule has 0 saturated carbocycles. The average molecular weight is 968 g/mol. The number of imidazole rings is 1. The summed E-state index contributed by atoms with van der Waals surface area (Å²) in [5, 5.41) is 0. The fraction of sp³-hybridized carbons (Fsp3) is 0.222. The molecule has 0 saturated heterocycles. The number of hydrogen-bond acceptors (Lipinski definition) is 3. The fourth-order valence-electron chi connectivity index (χ4n) is 8.54. The first-order valence-electron chi connectivity index (χ1n) is 21.0. The molecule has 9 rings (SSSR count). The van der Waals surface area contributed by atoms with E-state index >= 15 is 0 Å². The zero-order valence-electron chi connectivity index (χ0n) is 35.5. The normalized spacial score (nSPS) is 14.3. The Balaban J connectivity index is 1.20. The van der Waals surface area contributed by atoms with Gasteiger partial charge >= 0.3 is 323 Å². The quantitative estimate of drug-likeness (QED) is 0.160. The number of anilines is 2. The van der Waals surface area contributed by atoms with Crippen molar-refractivity contribution in [2.45, 2.75) is 78.2 Å². The van der Waals surface area contributed by atoms with Crippen molar-refractivity contribution in [3.8, 4) is 45.1 Å². The number of aromatic nitrogens is 3. The Morgan fingerprint density at radius 3 is 1.85 bits per heavy atom. The molecule has 0 fully saturated rings. The van der Waals surface area contributed by atoms with Gasteiger partial charge in [-0.25, -0.2) is 0 Å². The summed E-state index contributed by atoms with van der Waals surface area (Å²) in [6.07, 6.45) is 4.04. The van der Waals surface area contributed by atoms with E-state index in [9.17, 15) is 0 Å². The summed E-state index contributed by atoms with van der Waals surface area (Å²) in [5.41, 5.74) is 14.0. The molecule has 0 aliphatic carbocycles. The van der Waals surface area contributed by atoms with Crippen molar-refractivity contribution >= 4 is 22.5 Å². The van der Waals surface area contributed by atoms with E-state index in [4.69, 9.17) is 9.72 Å². The van der Waals surface area contributed by atoms with Crippen molar-refractivity contribution < 1.29 is 24.1 Å². The van der Waals surface area contributed by atoms with E-state index in [1.165, 1.54) is 38.9 Å². The number of para-hydroxylation sites is 3. The zero-order chi connectivity index (χ0) is 41.8. The summed E-state index contributed by atoms with van der Waals surface area (Å²) in [5.74, 6) is 2.59. The molecule has 6 aromatic carbocycles. The maximum absolute atomic E-state index is 6.97. The van der Waals surface area contributed by atoms with Gasteiger partial charge in [0.1, 0.15) is 0 Å². The monoisotopic (exact) mass is 967 g/mol. The molecule has 1 atom stereocenters. The minimum atomic E-state index is -0.134. The van der Waals surface area contributed by atoms with E-state index in [0.717, 1.165) is 62.1 Å². The smallest absolute Gasteiger partial charge is 0.0561 e. The number of fused-ring (bicyclic) bond motifs is 2. The fourth-order valence-corrected chi connectivity index (χ4v) is 9.63. The average Bonchev–Trinajstić information content (AvgIpc) is 3.54. The molecule has 1 aliphatic rings. The van der Waals surface area contributed by atoms with Gasteiger partial charge in [0.15, 0.2) is 0 Å². The van der Waals surface area contributed by atoms with Crippen molar-refractivity contribution in [2.75, 3.05) is 4.90 Å². The molecule has 0 radical (unpaired) electrons. The molecule has 0 spiro atoms. The van der Waals surface area contributed by atoms with Crippen LogP contribution in [0.4, 0.5) is 11.5 Å². The molecular weight excluding hydrogens is 916 g/mol. The van der Waals surface area contributed by atoms with Gasteiger partial charge in [0.2, 0.25) is 0 Å². The molecule has 3 heterocycles. The summed E-state index contributed by atoms with van der Waals surface area (Å²) in [6, 6.07) is 54.9. The van der Waals surface area contributed by atoms with Gasteiger partial charge in [0.05, 0.1) is 0 Å². The van der Waals surface area contributed by atoms with Gasteiger partial charge in [-0.05, 0) is 17.0 Å². The van der Waals surface area contributed by atoms with E-state index in [0.29, 0.717) is 6.04 Å². The van der Waals surface area contributed by atoms with Crippen LogP contribution in [-0.2, 0) is 36.6 Å². The van der Waals surface area contributed by atoms with Crippen LogP contribution in [-0.4, -0.2) is 20.2 Å². The third kappa shape index (κ3) is 7.50. The second-order valence-corrected chi connectivity index (χ2v) is 19.1. The molecule has 8 aromatic rings. The van der Waals surface area contributed by atoms with Gasteiger partial charge in [-0.15, -0.1) is 0 Å². The van der Waals surface area contributed by atoms with E-state index < -0.39 is 0 Å². The Morgan fingerprint density at radius 1 is 0.600 bits per heavy atom. The predicted octanol–water partition coefficient (Wildman–Crippen LogP) is 14.1. The molecular formula is C54H52N4OPt. The van der Waals surface area contributed by atoms with Gasteiger partial charge in [-0.2, -0.15) is 0 Å². The number of benzene rings is 6. The molecule has 5 nitrogen and oxygen atoms in total. The van der Waals surface area contributed by atoms with E-state index in [-0.39, 0.29) is 10.8 Å². The van der Waals surface area contributed by atoms with Crippen molar-refractivity contribution in [2.24, 2.45) is 0 Å². The second kappa shape index (κ2) is 15.7. The van der Waals surface area contributed by atoms with Gasteiger partial charge in [0.25, 0.3) is 0 Å². The molecule has 1 aliphatic heterocycles. The Hall–Kier alpha value is -5.77. The Kier molecular flexibility index (Phi) is 10.4. The van der Waals surface area contributed by atoms with Crippen LogP contribution in [0.25, 0.3) is 44.7 Å². The van der Waals surface area contributed by atoms with Crippen LogP contribution < -0.4 is 9.64 Å². The SMILES string of the molecule is CC1CCc2ccc(Oc3cc(-n4[c](=[Pt])n(-c5c(-c6ccccc6)cccc5-c5ccccc5)c5ccccc54)cc(C(C)(C)C)c3)cc2N1c1cc(C(C)(C)C)ccn1. The molecule has 2 aromatic heterocycles. The van der Waals surface area contributed by atoms with Crippen molar-refractivity contribution in [3.63, 3.8) is 0 Å². The molecule has 0 N–H and O–H groups in total. The van der Waals surface area contributed by atoms with Crippen molar-refractivity contribution in [3.05, 3.63) is 178 Å². The van der Waals surface area contributed by atoms with Gasteiger partial charge < -0.3 is 0 Å².